The Bertz CT molecular complexity index is 1270. The van der Waals surface area contributed by atoms with E-state index in [9.17, 15) is 13.6 Å². The fraction of sp³-hybridized carbons (Fsp3) is 0.154. The molecule has 0 atom stereocenters. The number of aromatic nitrogens is 2. The van der Waals surface area contributed by atoms with Crippen molar-refractivity contribution in [1.82, 2.24) is 9.78 Å². The summed E-state index contributed by atoms with van der Waals surface area (Å²) in [7, 11) is 0. The fourth-order valence-electron chi connectivity index (χ4n) is 3.42. The molecule has 0 fully saturated rings. The van der Waals surface area contributed by atoms with E-state index in [1.807, 2.05) is 31.2 Å². The highest BCUT2D eigenvalue weighted by molar-refractivity contribution is 5.90. The molecule has 1 N–H and O–H groups in total. The van der Waals surface area contributed by atoms with Gasteiger partial charge in [0.15, 0.2) is 11.6 Å². The van der Waals surface area contributed by atoms with Gasteiger partial charge in [0.2, 0.25) is 11.8 Å². The van der Waals surface area contributed by atoms with Crippen LogP contribution in [-0.2, 0) is 11.2 Å². The van der Waals surface area contributed by atoms with Gasteiger partial charge in [0.25, 0.3) is 0 Å². The van der Waals surface area contributed by atoms with Gasteiger partial charge in [-0.05, 0) is 68.8 Å². The molecule has 168 valence electrons. The molecule has 1 aromatic heterocycles. The van der Waals surface area contributed by atoms with Crippen LogP contribution in [0.5, 0.6) is 11.6 Å². The number of anilines is 1. The smallest absolute Gasteiger partial charge is 0.226 e. The highest BCUT2D eigenvalue weighted by atomic mass is 19.1. The molecule has 0 saturated carbocycles. The topological polar surface area (TPSA) is 56.2 Å². The lowest BCUT2D eigenvalue weighted by atomic mass is 10.1. The second-order valence-corrected chi connectivity index (χ2v) is 7.70. The minimum absolute atomic E-state index is 0.0334. The molecule has 7 heteroatoms. The number of amides is 1. The number of ether oxygens (including phenoxy) is 1. The third-order valence-corrected chi connectivity index (χ3v) is 5.19. The number of aryl methyl sites for hydroxylation is 2. The fourth-order valence-corrected chi connectivity index (χ4v) is 3.42. The Balaban J connectivity index is 1.62. The summed E-state index contributed by atoms with van der Waals surface area (Å²) in [6.07, 6.45) is 0.506. The molecule has 3 aromatic carbocycles. The van der Waals surface area contributed by atoms with Crippen molar-refractivity contribution in [3.05, 3.63) is 101 Å². The number of hydrogen-bond acceptors (Lipinski definition) is 3. The molecule has 1 amide bonds. The second kappa shape index (κ2) is 9.65. The maximum absolute atomic E-state index is 14.3. The lowest BCUT2D eigenvalue weighted by Crippen LogP contribution is -2.12. The number of nitrogens with zero attached hydrogens (tertiary/aromatic N) is 2. The highest BCUT2D eigenvalue weighted by Gasteiger charge is 2.21. The van der Waals surface area contributed by atoms with E-state index < -0.39 is 5.82 Å². The van der Waals surface area contributed by atoms with Crippen LogP contribution in [0, 0.1) is 25.5 Å². The Kier molecular flexibility index (Phi) is 6.49. The van der Waals surface area contributed by atoms with Gasteiger partial charge < -0.3 is 10.1 Å². The Morgan fingerprint density at radius 1 is 0.970 bits per heavy atom. The van der Waals surface area contributed by atoms with Crippen molar-refractivity contribution in [3.63, 3.8) is 0 Å². The lowest BCUT2D eigenvalue weighted by molar-refractivity contribution is -0.116. The number of hydrogen-bond donors (Lipinski definition) is 1. The van der Waals surface area contributed by atoms with Gasteiger partial charge in [0.05, 0.1) is 11.4 Å². The van der Waals surface area contributed by atoms with Crippen molar-refractivity contribution in [2.75, 3.05) is 5.32 Å². The predicted octanol–water partition coefficient (Wildman–Crippen LogP) is 6.13. The van der Waals surface area contributed by atoms with Crippen molar-refractivity contribution in [2.24, 2.45) is 0 Å². The van der Waals surface area contributed by atoms with E-state index in [0.717, 1.165) is 5.56 Å². The van der Waals surface area contributed by atoms with Crippen molar-refractivity contribution >= 4 is 11.6 Å². The van der Waals surface area contributed by atoms with E-state index in [1.165, 1.54) is 28.9 Å². The molecule has 33 heavy (non-hydrogen) atoms. The van der Waals surface area contributed by atoms with Crippen LogP contribution >= 0.6 is 0 Å². The van der Waals surface area contributed by atoms with Crippen molar-refractivity contribution in [3.8, 4) is 17.3 Å². The molecule has 0 aliphatic carbocycles. The first kappa shape index (κ1) is 22.2. The van der Waals surface area contributed by atoms with E-state index in [4.69, 9.17) is 4.74 Å². The molecular formula is C26H23F2N3O2. The van der Waals surface area contributed by atoms with Crippen molar-refractivity contribution < 1.29 is 18.3 Å². The monoisotopic (exact) mass is 447 g/mol. The van der Waals surface area contributed by atoms with Gasteiger partial charge in [-0.3, -0.25) is 4.79 Å². The molecule has 4 rings (SSSR count). The van der Waals surface area contributed by atoms with Gasteiger partial charge in [-0.25, -0.2) is 13.5 Å². The SMILES string of the molecule is Cc1ccc(NC(=O)CCc2c(C)nn(-c3ccc(F)cc3)c2Oc2ccccc2F)cc1. The van der Waals surface area contributed by atoms with Crippen molar-refractivity contribution in [1.29, 1.82) is 0 Å². The zero-order valence-corrected chi connectivity index (χ0v) is 18.3. The number of nitrogens with one attached hydrogen (secondary N) is 1. The Morgan fingerprint density at radius 3 is 2.36 bits per heavy atom. The number of rotatable bonds is 7. The first-order valence-electron chi connectivity index (χ1n) is 10.5. The molecule has 0 spiro atoms. The normalized spacial score (nSPS) is 10.8. The lowest BCUT2D eigenvalue weighted by Gasteiger charge is -2.12. The molecule has 0 saturated heterocycles. The molecule has 0 unspecified atom stereocenters. The van der Waals surface area contributed by atoms with E-state index >= 15 is 0 Å². The van der Waals surface area contributed by atoms with E-state index in [-0.39, 0.29) is 29.8 Å². The van der Waals surface area contributed by atoms with E-state index in [0.29, 0.717) is 29.1 Å². The van der Waals surface area contributed by atoms with Gasteiger partial charge in [-0.2, -0.15) is 5.10 Å². The van der Waals surface area contributed by atoms with Crippen molar-refractivity contribution in [2.45, 2.75) is 26.7 Å². The quantitative estimate of drug-likeness (QED) is 0.371. The van der Waals surface area contributed by atoms with Gasteiger partial charge in [-0.15, -0.1) is 0 Å². The Hall–Kier alpha value is -4.00. The largest absolute Gasteiger partial charge is 0.436 e. The maximum atomic E-state index is 14.3. The first-order valence-corrected chi connectivity index (χ1v) is 10.5. The minimum atomic E-state index is -0.523. The van der Waals surface area contributed by atoms with Gasteiger partial charge >= 0.3 is 0 Å². The molecule has 0 aliphatic rings. The zero-order valence-electron chi connectivity index (χ0n) is 18.3. The van der Waals surface area contributed by atoms with Crippen LogP contribution in [0.2, 0.25) is 0 Å². The Labute approximate surface area is 190 Å². The number of carbonyl (C=O) groups excluding carboxylic acids is 1. The molecular weight excluding hydrogens is 424 g/mol. The van der Waals surface area contributed by atoms with Crippen LogP contribution in [0.3, 0.4) is 0 Å². The zero-order chi connectivity index (χ0) is 23.4. The van der Waals surface area contributed by atoms with Crippen LogP contribution < -0.4 is 10.1 Å². The summed E-state index contributed by atoms with van der Waals surface area (Å²) in [5.41, 5.74) is 3.68. The number of halogens is 2. The Morgan fingerprint density at radius 2 is 1.67 bits per heavy atom. The predicted molar refractivity (Wildman–Crippen MR) is 123 cm³/mol. The van der Waals surface area contributed by atoms with Gasteiger partial charge in [0.1, 0.15) is 5.82 Å². The summed E-state index contributed by atoms with van der Waals surface area (Å²) in [6, 6.07) is 19.3. The number of para-hydroxylation sites is 1. The number of benzene rings is 3. The standard InChI is InChI=1S/C26H23F2N3O2/c1-17-7-11-20(12-8-17)29-25(32)16-15-22-18(2)30-31(21-13-9-19(27)10-14-21)26(22)33-24-6-4-3-5-23(24)28/h3-14H,15-16H2,1-2H3,(H,29,32). The van der Waals surface area contributed by atoms with E-state index in [1.54, 1.807) is 31.2 Å². The average Bonchev–Trinajstić information content (AvgIpc) is 3.11. The second-order valence-electron chi connectivity index (χ2n) is 7.70. The summed E-state index contributed by atoms with van der Waals surface area (Å²) in [6.45, 7) is 3.77. The number of carbonyl (C=O) groups is 1. The molecule has 5 nitrogen and oxygen atoms in total. The molecule has 1 heterocycles. The third-order valence-electron chi connectivity index (χ3n) is 5.19. The summed E-state index contributed by atoms with van der Waals surface area (Å²) < 4.78 is 35.2. The third kappa shape index (κ3) is 5.26. The van der Waals surface area contributed by atoms with Crippen LogP contribution in [0.25, 0.3) is 5.69 Å². The van der Waals surface area contributed by atoms with Crippen LogP contribution in [-0.4, -0.2) is 15.7 Å². The van der Waals surface area contributed by atoms with E-state index in [2.05, 4.69) is 10.4 Å². The van der Waals surface area contributed by atoms with Crippen LogP contribution in [0.1, 0.15) is 23.2 Å². The highest BCUT2D eigenvalue weighted by Crippen LogP contribution is 2.32. The minimum Gasteiger partial charge on any atom is -0.436 e. The molecule has 4 aromatic rings. The van der Waals surface area contributed by atoms with Gasteiger partial charge in [-0.1, -0.05) is 29.8 Å². The maximum Gasteiger partial charge on any atom is 0.226 e. The summed E-state index contributed by atoms with van der Waals surface area (Å²) in [4.78, 5) is 12.5. The summed E-state index contributed by atoms with van der Waals surface area (Å²) in [5.74, 6) is -0.750. The van der Waals surface area contributed by atoms with Crippen LogP contribution in [0.15, 0.2) is 72.8 Å². The first-order chi connectivity index (χ1) is 15.9. The molecule has 0 bridgehead atoms. The van der Waals surface area contributed by atoms with Crippen LogP contribution in [0.4, 0.5) is 14.5 Å². The van der Waals surface area contributed by atoms with Gasteiger partial charge in [0, 0.05) is 17.7 Å². The summed E-state index contributed by atoms with van der Waals surface area (Å²) >= 11 is 0. The molecule has 0 radical (unpaired) electrons. The average molecular weight is 447 g/mol. The summed E-state index contributed by atoms with van der Waals surface area (Å²) in [5, 5.41) is 7.40. The molecule has 0 aliphatic heterocycles.